The highest BCUT2D eigenvalue weighted by Crippen LogP contribution is 2.32. The van der Waals surface area contributed by atoms with Gasteiger partial charge in [-0.05, 0) is 0 Å². The molecule has 18 heavy (non-hydrogen) atoms. The minimum absolute atomic E-state index is 0. The number of hydrogen-bond donors (Lipinski definition) is 2. The molecular formula is C5H5F9O4. The van der Waals surface area contributed by atoms with Crippen LogP contribution in [0.15, 0.2) is 0 Å². The minimum atomic E-state index is -5.63. The van der Waals surface area contributed by atoms with E-state index in [-0.39, 0.29) is 5.48 Å². The third-order valence-corrected chi connectivity index (χ3v) is 0.863. The highest BCUT2D eigenvalue weighted by Gasteiger charge is 2.55. The van der Waals surface area contributed by atoms with Crippen molar-refractivity contribution in [2.75, 3.05) is 0 Å². The van der Waals surface area contributed by atoms with Gasteiger partial charge >= 0.3 is 24.5 Å². The Hall–Kier alpha value is -1.24. The summed E-state index contributed by atoms with van der Waals surface area (Å²) >= 11 is 0. The number of aliphatic carboxylic acids is 1. The Bertz CT molecular complexity index is 237. The van der Waals surface area contributed by atoms with Gasteiger partial charge in [-0.25, -0.2) is 4.79 Å². The van der Waals surface area contributed by atoms with Crippen LogP contribution in [0.1, 0.15) is 0 Å². The number of aliphatic hydroxyl groups is 1. The molecule has 0 aromatic rings. The standard InChI is InChI=1S/C3H2F6O.C2HF3O2.H2O/c4-2(5,6)1(10)3(7,8)9;3-2(4,5)1(6)7;/h1,10H;(H,6,7);1H2. The minimum Gasteiger partial charge on any atom is -0.475 e. The molecule has 0 unspecified atom stereocenters. The molecule has 0 heterocycles. The van der Waals surface area contributed by atoms with E-state index in [0.717, 1.165) is 0 Å². The summed E-state index contributed by atoms with van der Waals surface area (Å²) in [6, 6.07) is 0. The van der Waals surface area contributed by atoms with E-state index in [2.05, 4.69) is 0 Å². The van der Waals surface area contributed by atoms with Crippen molar-refractivity contribution in [3.63, 3.8) is 0 Å². The van der Waals surface area contributed by atoms with Crippen LogP contribution in [-0.4, -0.2) is 46.3 Å². The summed E-state index contributed by atoms with van der Waals surface area (Å²) in [6.45, 7) is 0. The number of aliphatic hydroxyl groups excluding tert-OH is 1. The molecule has 0 atom stereocenters. The van der Waals surface area contributed by atoms with E-state index in [4.69, 9.17) is 15.0 Å². The molecule has 4 N–H and O–H groups in total. The highest BCUT2D eigenvalue weighted by atomic mass is 19.4. The summed E-state index contributed by atoms with van der Waals surface area (Å²) in [5, 5.41) is 14.6. The van der Waals surface area contributed by atoms with Gasteiger partial charge in [0.2, 0.25) is 6.10 Å². The van der Waals surface area contributed by atoms with Gasteiger partial charge in [-0.2, -0.15) is 39.5 Å². The largest absolute Gasteiger partial charge is 0.490 e. The molecule has 0 aliphatic carbocycles. The van der Waals surface area contributed by atoms with Gasteiger partial charge in [-0.1, -0.05) is 0 Å². The predicted octanol–water partition coefficient (Wildman–Crippen LogP) is 1.28. The third-order valence-electron chi connectivity index (χ3n) is 0.863. The normalized spacial score (nSPS) is 12.4. The first-order valence-electron chi connectivity index (χ1n) is 3.21. The van der Waals surface area contributed by atoms with Crippen LogP contribution in [0, 0.1) is 0 Å². The maximum atomic E-state index is 11.0. The van der Waals surface area contributed by atoms with Gasteiger partial charge in [-0.15, -0.1) is 0 Å². The van der Waals surface area contributed by atoms with Crippen LogP contribution in [-0.2, 0) is 4.79 Å². The van der Waals surface area contributed by atoms with Crippen molar-refractivity contribution in [3.8, 4) is 0 Å². The first-order chi connectivity index (χ1) is 7.10. The van der Waals surface area contributed by atoms with E-state index in [1.54, 1.807) is 0 Å². The molecule has 0 saturated carbocycles. The number of hydrogen-bond acceptors (Lipinski definition) is 2. The number of carbonyl (C=O) groups is 1. The van der Waals surface area contributed by atoms with Crippen molar-refractivity contribution in [2.24, 2.45) is 0 Å². The second kappa shape index (κ2) is 6.63. The maximum Gasteiger partial charge on any atom is 0.490 e. The second-order valence-corrected chi connectivity index (χ2v) is 2.29. The molecule has 112 valence electrons. The molecule has 0 aliphatic heterocycles. The van der Waals surface area contributed by atoms with Crippen molar-refractivity contribution in [1.82, 2.24) is 0 Å². The molecule has 0 amide bonds. The first-order valence-corrected chi connectivity index (χ1v) is 3.21. The lowest BCUT2D eigenvalue weighted by atomic mass is 10.3. The van der Waals surface area contributed by atoms with E-state index >= 15 is 0 Å². The van der Waals surface area contributed by atoms with Crippen LogP contribution in [0.25, 0.3) is 0 Å². The molecule has 4 nitrogen and oxygen atoms in total. The quantitative estimate of drug-likeness (QED) is 0.660. The number of halogens is 9. The smallest absolute Gasteiger partial charge is 0.475 e. The summed E-state index contributed by atoms with van der Waals surface area (Å²) in [7, 11) is 0. The Labute approximate surface area is 91.9 Å². The molecule has 13 heteroatoms. The molecule has 0 aromatic carbocycles. The number of rotatable bonds is 0. The second-order valence-electron chi connectivity index (χ2n) is 2.29. The van der Waals surface area contributed by atoms with Crippen LogP contribution in [0.2, 0.25) is 0 Å². The lowest BCUT2D eigenvalue weighted by Gasteiger charge is -2.16. The molecule has 0 fully saturated rings. The van der Waals surface area contributed by atoms with Gasteiger partial charge in [0.25, 0.3) is 0 Å². The van der Waals surface area contributed by atoms with Gasteiger partial charge in [0, 0.05) is 0 Å². The molecular weight excluding hydrogens is 295 g/mol. The van der Waals surface area contributed by atoms with Crippen molar-refractivity contribution in [1.29, 1.82) is 0 Å². The highest BCUT2D eigenvalue weighted by molar-refractivity contribution is 5.73. The number of carboxylic acids is 1. The Morgan fingerprint density at radius 3 is 1.00 bits per heavy atom. The van der Waals surface area contributed by atoms with Crippen LogP contribution in [0.3, 0.4) is 0 Å². The molecule has 0 saturated heterocycles. The topological polar surface area (TPSA) is 89.0 Å². The van der Waals surface area contributed by atoms with Crippen LogP contribution >= 0.6 is 0 Å². The van der Waals surface area contributed by atoms with E-state index < -0.39 is 30.6 Å². The zero-order valence-corrected chi connectivity index (χ0v) is 7.78. The van der Waals surface area contributed by atoms with Gasteiger partial charge in [0.05, 0.1) is 0 Å². The zero-order chi connectivity index (χ0) is 14.7. The van der Waals surface area contributed by atoms with Crippen molar-refractivity contribution in [3.05, 3.63) is 0 Å². The Balaban J connectivity index is -0.000000251. The first kappa shape index (κ1) is 22.0. The monoisotopic (exact) mass is 300 g/mol. The summed E-state index contributed by atoms with van der Waals surface area (Å²) in [6.07, 6.45) is -20.6. The average Bonchev–Trinajstić information content (AvgIpc) is 1.98. The molecule has 0 aliphatic rings. The molecule has 0 aromatic heterocycles. The SMILES string of the molecule is O.O=C(O)C(F)(F)F.OC(C(F)(F)F)C(F)(F)F. The average molecular weight is 300 g/mol. The van der Waals surface area contributed by atoms with Gasteiger partial charge in [0.15, 0.2) is 0 Å². The lowest BCUT2D eigenvalue weighted by Crippen LogP contribution is -2.41. The summed E-state index contributed by atoms with van der Waals surface area (Å²) in [4.78, 5) is 8.90. The van der Waals surface area contributed by atoms with E-state index in [1.165, 1.54) is 0 Å². The van der Waals surface area contributed by atoms with Gasteiger partial charge < -0.3 is 15.7 Å². The van der Waals surface area contributed by atoms with Crippen LogP contribution < -0.4 is 0 Å². The summed E-state index contributed by atoms with van der Waals surface area (Å²) in [5.74, 6) is -2.76. The van der Waals surface area contributed by atoms with E-state index in [0.29, 0.717) is 0 Å². The van der Waals surface area contributed by atoms with E-state index in [1.807, 2.05) is 0 Å². The number of alkyl halides is 9. The molecule has 0 radical (unpaired) electrons. The fourth-order valence-electron chi connectivity index (χ4n) is 0.186. The van der Waals surface area contributed by atoms with Crippen molar-refractivity contribution < 1.29 is 60.0 Å². The van der Waals surface area contributed by atoms with Crippen LogP contribution in [0.5, 0.6) is 0 Å². The predicted molar refractivity (Wildman–Crippen MR) is 35.4 cm³/mol. The van der Waals surface area contributed by atoms with Gasteiger partial charge in [0.1, 0.15) is 0 Å². The number of carboxylic acid groups (broad SMARTS) is 1. The van der Waals surface area contributed by atoms with Gasteiger partial charge in [-0.3, -0.25) is 0 Å². The molecule has 0 rings (SSSR count). The van der Waals surface area contributed by atoms with Crippen molar-refractivity contribution >= 4 is 5.97 Å². The van der Waals surface area contributed by atoms with Crippen LogP contribution in [0.4, 0.5) is 39.5 Å². The summed E-state index contributed by atoms with van der Waals surface area (Å²) in [5.41, 5.74) is 0. The fraction of sp³-hybridized carbons (Fsp3) is 0.800. The Morgan fingerprint density at radius 1 is 0.833 bits per heavy atom. The molecule has 0 bridgehead atoms. The lowest BCUT2D eigenvalue weighted by molar-refractivity contribution is -0.308. The third kappa shape index (κ3) is 9.95. The maximum absolute atomic E-state index is 11.0. The van der Waals surface area contributed by atoms with E-state index in [9.17, 15) is 39.5 Å². The zero-order valence-electron chi connectivity index (χ0n) is 7.78. The summed E-state index contributed by atoms with van der Waals surface area (Å²) < 4.78 is 97.6. The Kier molecular flexibility index (Phi) is 8.10. The fourth-order valence-corrected chi connectivity index (χ4v) is 0.186. The van der Waals surface area contributed by atoms with Crippen molar-refractivity contribution in [2.45, 2.75) is 24.6 Å². The molecule has 0 spiro atoms. The Morgan fingerprint density at radius 2 is 1.00 bits per heavy atom.